The SMILES string of the molecule is Cc1cc(-c2cc(C(=O)O)nn2-c2ccccc2Cl)no1. The largest absolute Gasteiger partial charge is 0.476 e. The third-order valence-electron chi connectivity index (χ3n) is 2.90. The number of halogens is 1. The first kappa shape index (κ1) is 13.4. The molecular formula is C14H10ClN3O3. The topological polar surface area (TPSA) is 81.1 Å². The van der Waals surface area contributed by atoms with E-state index in [-0.39, 0.29) is 5.69 Å². The average molecular weight is 304 g/mol. The maximum absolute atomic E-state index is 11.2. The van der Waals surface area contributed by atoms with Gasteiger partial charge in [-0.05, 0) is 19.1 Å². The zero-order valence-corrected chi connectivity index (χ0v) is 11.7. The van der Waals surface area contributed by atoms with Crippen LogP contribution < -0.4 is 0 Å². The molecule has 6 nitrogen and oxygen atoms in total. The van der Waals surface area contributed by atoms with Crippen molar-refractivity contribution in [3.05, 3.63) is 52.9 Å². The normalized spacial score (nSPS) is 10.8. The zero-order valence-electron chi connectivity index (χ0n) is 10.9. The van der Waals surface area contributed by atoms with Gasteiger partial charge in [0.2, 0.25) is 0 Å². The van der Waals surface area contributed by atoms with Gasteiger partial charge in [-0.15, -0.1) is 0 Å². The average Bonchev–Trinajstić information content (AvgIpc) is 3.05. The Morgan fingerprint density at radius 1 is 1.33 bits per heavy atom. The molecule has 0 unspecified atom stereocenters. The summed E-state index contributed by atoms with van der Waals surface area (Å²) in [4.78, 5) is 11.2. The Morgan fingerprint density at radius 2 is 2.10 bits per heavy atom. The van der Waals surface area contributed by atoms with Crippen molar-refractivity contribution in [2.45, 2.75) is 6.92 Å². The molecule has 0 aliphatic heterocycles. The fourth-order valence-electron chi connectivity index (χ4n) is 1.96. The van der Waals surface area contributed by atoms with Gasteiger partial charge in [0.1, 0.15) is 11.5 Å². The molecule has 3 rings (SSSR count). The summed E-state index contributed by atoms with van der Waals surface area (Å²) in [5, 5.41) is 17.6. The number of benzene rings is 1. The Bertz CT molecular complexity index is 822. The van der Waals surface area contributed by atoms with Gasteiger partial charge in [0.05, 0.1) is 16.4 Å². The number of carboxylic acids is 1. The minimum Gasteiger partial charge on any atom is -0.476 e. The summed E-state index contributed by atoms with van der Waals surface area (Å²) in [7, 11) is 0. The van der Waals surface area contributed by atoms with Gasteiger partial charge in [-0.1, -0.05) is 28.9 Å². The van der Waals surface area contributed by atoms with Crippen molar-refractivity contribution in [1.82, 2.24) is 14.9 Å². The van der Waals surface area contributed by atoms with E-state index in [1.165, 1.54) is 10.7 Å². The van der Waals surface area contributed by atoms with Crippen molar-refractivity contribution in [3.63, 3.8) is 0 Å². The smallest absolute Gasteiger partial charge is 0.356 e. The van der Waals surface area contributed by atoms with Gasteiger partial charge in [-0.2, -0.15) is 5.10 Å². The van der Waals surface area contributed by atoms with Crippen LogP contribution in [0.1, 0.15) is 16.2 Å². The highest BCUT2D eigenvalue weighted by molar-refractivity contribution is 6.32. The highest BCUT2D eigenvalue weighted by Gasteiger charge is 2.19. The minimum atomic E-state index is -1.12. The molecule has 21 heavy (non-hydrogen) atoms. The van der Waals surface area contributed by atoms with Gasteiger partial charge in [0.15, 0.2) is 5.69 Å². The van der Waals surface area contributed by atoms with Crippen LogP contribution >= 0.6 is 11.6 Å². The molecule has 0 spiro atoms. The number of hydrogen-bond acceptors (Lipinski definition) is 4. The molecule has 0 aliphatic carbocycles. The number of aromatic carboxylic acids is 1. The summed E-state index contributed by atoms with van der Waals surface area (Å²) in [5.74, 6) is -0.504. The second-order valence-electron chi connectivity index (χ2n) is 4.41. The zero-order chi connectivity index (χ0) is 15.0. The molecule has 2 heterocycles. The Hall–Kier alpha value is -2.60. The van der Waals surface area contributed by atoms with Crippen molar-refractivity contribution in [1.29, 1.82) is 0 Å². The van der Waals surface area contributed by atoms with E-state index in [4.69, 9.17) is 21.2 Å². The number of nitrogens with zero attached hydrogens (tertiary/aromatic N) is 3. The Labute approximate surface area is 124 Å². The van der Waals surface area contributed by atoms with Crippen LogP contribution in [0, 0.1) is 6.92 Å². The summed E-state index contributed by atoms with van der Waals surface area (Å²) < 4.78 is 6.49. The maximum Gasteiger partial charge on any atom is 0.356 e. The van der Waals surface area contributed by atoms with E-state index in [0.29, 0.717) is 27.9 Å². The van der Waals surface area contributed by atoms with Crippen LogP contribution in [0.4, 0.5) is 0 Å². The van der Waals surface area contributed by atoms with Gasteiger partial charge >= 0.3 is 5.97 Å². The number of hydrogen-bond donors (Lipinski definition) is 1. The molecule has 106 valence electrons. The van der Waals surface area contributed by atoms with Crippen LogP contribution in [-0.4, -0.2) is 26.0 Å². The molecule has 0 fully saturated rings. The molecule has 0 amide bonds. The van der Waals surface area contributed by atoms with Crippen LogP contribution in [0.25, 0.3) is 17.1 Å². The summed E-state index contributed by atoms with van der Waals surface area (Å²) >= 11 is 6.16. The van der Waals surface area contributed by atoms with Crippen LogP contribution in [0.15, 0.2) is 40.9 Å². The lowest BCUT2D eigenvalue weighted by molar-refractivity contribution is 0.0690. The Morgan fingerprint density at radius 3 is 2.71 bits per heavy atom. The monoisotopic (exact) mass is 303 g/mol. The molecule has 0 saturated carbocycles. The van der Waals surface area contributed by atoms with E-state index < -0.39 is 5.97 Å². The quantitative estimate of drug-likeness (QED) is 0.803. The lowest BCUT2D eigenvalue weighted by Crippen LogP contribution is -2.02. The highest BCUT2D eigenvalue weighted by atomic mass is 35.5. The minimum absolute atomic E-state index is 0.0921. The molecule has 0 atom stereocenters. The van der Waals surface area contributed by atoms with E-state index in [9.17, 15) is 4.79 Å². The number of aryl methyl sites for hydroxylation is 1. The first-order valence-electron chi connectivity index (χ1n) is 6.08. The van der Waals surface area contributed by atoms with Crippen LogP contribution in [0.3, 0.4) is 0 Å². The summed E-state index contributed by atoms with van der Waals surface area (Å²) in [6, 6.07) is 10.2. The van der Waals surface area contributed by atoms with Gasteiger partial charge in [-0.25, -0.2) is 9.48 Å². The van der Waals surface area contributed by atoms with Crippen molar-refractivity contribution in [3.8, 4) is 17.1 Å². The number of para-hydroxylation sites is 1. The maximum atomic E-state index is 11.2. The fourth-order valence-corrected chi connectivity index (χ4v) is 2.18. The second kappa shape index (κ2) is 5.06. The van der Waals surface area contributed by atoms with Gasteiger partial charge < -0.3 is 9.63 Å². The number of rotatable bonds is 3. The summed E-state index contributed by atoms with van der Waals surface area (Å²) in [6.07, 6.45) is 0. The molecule has 7 heteroatoms. The van der Waals surface area contributed by atoms with Gasteiger partial charge in [-0.3, -0.25) is 0 Å². The third-order valence-corrected chi connectivity index (χ3v) is 3.22. The highest BCUT2D eigenvalue weighted by Crippen LogP contribution is 2.27. The molecule has 0 bridgehead atoms. The molecule has 0 radical (unpaired) electrons. The number of aromatic nitrogens is 3. The van der Waals surface area contributed by atoms with Crippen molar-refractivity contribution in [2.24, 2.45) is 0 Å². The van der Waals surface area contributed by atoms with E-state index in [1.54, 1.807) is 37.3 Å². The Balaban J connectivity index is 2.24. The van der Waals surface area contributed by atoms with E-state index in [0.717, 1.165) is 0 Å². The predicted molar refractivity (Wildman–Crippen MR) is 75.8 cm³/mol. The molecule has 0 saturated heterocycles. The first-order chi connectivity index (χ1) is 10.1. The predicted octanol–water partition coefficient (Wildman–Crippen LogP) is 3.19. The number of carbonyl (C=O) groups is 1. The number of carboxylic acid groups (broad SMARTS) is 1. The van der Waals surface area contributed by atoms with Gasteiger partial charge in [0.25, 0.3) is 0 Å². The van der Waals surface area contributed by atoms with Crippen LogP contribution in [0.2, 0.25) is 5.02 Å². The lowest BCUT2D eigenvalue weighted by Gasteiger charge is -2.06. The van der Waals surface area contributed by atoms with Crippen LogP contribution in [0.5, 0.6) is 0 Å². The van der Waals surface area contributed by atoms with E-state index in [2.05, 4.69) is 10.3 Å². The summed E-state index contributed by atoms with van der Waals surface area (Å²) in [6.45, 7) is 1.75. The van der Waals surface area contributed by atoms with E-state index in [1.807, 2.05) is 0 Å². The standard InChI is InChI=1S/C14H10ClN3O3/c1-8-6-10(17-21-8)13-7-11(14(19)20)16-18(13)12-5-3-2-4-9(12)15/h2-7H,1H3,(H,19,20). The molecule has 3 aromatic rings. The van der Waals surface area contributed by atoms with Crippen molar-refractivity contribution in [2.75, 3.05) is 0 Å². The van der Waals surface area contributed by atoms with E-state index >= 15 is 0 Å². The Kier molecular flexibility index (Phi) is 3.23. The summed E-state index contributed by atoms with van der Waals surface area (Å²) in [5.41, 5.74) is 1.47. The molecule has 1 N–H and O–H groups in total. The van der Waals surface area contributed by atoms with Crippen LogP contribution in [-0.2, 0) is 0 Å². The lowest BCUT2D eigenvalue weighted by atomic mass is 10.2. The molecular weight excluding hydrogens is 294 g/mol. The second-order valence-corrected chi connectivity index (χ2v) is 4.81. The van der Waals surface area contributed by atoms with Gasteiger partial charge in [0, 0.05) is 12.1 Å². The third kappa shape index (κ3) is 2.41. The van der Waals surface area contributed by atoms with Crippen molar-refractivity contribution < 1.29 is 14.4 Å². The van der Waals surface area contributed by atoms with Crippen molar-refractivity contribution >= 4 is 17.6 Å². The molecule has 0 aliphatic rings. The molecule has 2 aromatic heterocycles. The first-order valence-corrected chi connectivity index (χ1v) is 6.46. The fraction of sp³-hybridized carbons (Fsp3) is 0.0714. The molecule has 1 aromatic carbocycles.